The zero-order valence-corrected chi connectivity index (χ0v) is 14.9. The van der Waals surface area contributed by atoms with Crippen LogP contribution < -0.4 is 10.5 Å². The number of nitrogens with zero attached hydrogens (tertiary/aromatic N) is 1. The van der Waals surface area contributed by atoms with Gasteiger partial charge in [0, 0.05) is 25.2 Å². The molecular formula is C17H25N3O3S. The zero-order chi connectivity index (χ0) is 17.7. The summed E-state index contributed by atoms with van der Waals surface area (Å²) in [5, 5.41) is 0. The maximum atomic E-state index is 12.4. The molecule has 2 rings (SSSR count). The van der Waals surface area contributed by atoms with Crippen molar-refractivity contribution in [3.05, 3.63) is 35.9 Å². The third kappa shape index (κ3) is 4.23. The average Bonchev–Trinajstić information content (AvgIpc) is 2.59. The fraction of sp³-hybridized carbons (Fsp3) is 0.471. The largest absolute Gasteiger partial charge is 0.335 e. The molecule has 1 amide bonds. The number of hydrogen-bond donors (Lipinski definition) is 2. The summed E-state index contributed by atoms with van der Waals surface area (Å²) in [6.45, 7) is 3.33. The molecule has 24 heavy (non-hydrogen) atoms. The summed E-state index contributed by atoms with van der Waals surface area (Å²) in [5.41, 5.74) is 6.59. The maximum Gasteiger partial charge on any atom is 0.246 e. The predicted octanol–water partition coefficient (Wildman–Crippen LogP) is 1.19. The monoisotopic (exact) mass is 351 g/mol. The molecular weight excluding hydrogens is 326 g/mol. The summed E-state index contributed by atoms with van der Waals surface area (Å²) in [5.74, 6) is 0.357. The average molecular weight is 351 g/mol. The van der Waals surface area contributed by atoms with Crippen molar-refractivity contribution in [1.82, 2.24) is 9.62 Å². The molecule has 0 bridgehead atoms. The third-order valence-corrected chi connectivity index (χ3v) is 5.95. The van der Waals surface area contributed by atoms with E-state index in [0.717, 1.165) is 24.9 Å². The first-order valence-corrected chi connectivity index (χ1v) is 9.59. The summed E-state index contributed by atoms with van der Waals surface area (Å²) in [4.78, 5) is 14.5. The van der Waals surface area contributed by atoms with Crippen LogP contribution in [0.15, 0.2) is 35.2 Å². The molecule has 6 nitrogen and oxygen atoms in total. The minimum atomic E-state index is -3.44. The van der Waals surface area contributed by atoms with Crippen molar-refractivity contribution in [2.45, 2.75) is 30.7 Å². The van der Waals surface area contributed by atoms with Gasteiger partial charge in [0.1, 0.15) is 0 Å². The van der Waals surface area contributed by atoms with E-state index in [4.69, 9.17) is 5.73 Å². The van der Waals surface area contributed by atoms with Gasteiger partial charge in [-0.15, -0.1) is 0 Å². The third-order valence-electron chi connectivity index (χ3n) is 4.52. The van der Waals surface area contributed by atoms with E-state index in [1.807, 2.05) is 4.90 Å². The molecule has 1 aliphatic heterocycles. The Morgan fingerprint density at radius 1 is 1.38 bits per heavy atom. The minimum Gasteiger partial charge on any atom is -0.335 e. The lowest BCUT2D eigenvalue weighted by Gasteiger charge is -2.38. The zero-order valence-electron chi connectivity index (χ0n) is 14.1. The number of benzene rings is 1. The van der Waals surface area contributed by atoms with Crippen LogP contribution in [0, 0.1) is 5.92 Å². The van der Waals surface area contributed by atoms with Gasteiger partial charge in [-0.25, -0.2) is 13.1 Å². The predicted molar refractivity (Wildman–Crippen MR) is 94.7 cm³/mol. The molecule has 1 aliphatic rings. The number of nitrogens with two attached hydrogens (primary N) is 1. The summed E-state index contributed by atoms with van der Waals surface area (Å²) in [6, 6.07) is 6.46. The molecule has 1 saturated heterocycles. The Labute approximate surface area is 143 Å². The van der Waals surface area contributed by atoms with Crippen LogP contribution in [0.2, 0.25) is 0 Å². The van der Waals surface area contributed by atoms with Crippen molar-refractivity contribution >= 4 is 22.0 Å². The summed E-state index contributed by atoms with van der Waals surface area (Å²) in [7, 11) is -2.07. The van der Waals surface area contributed by atoms with Crippen LogP contribution in [-0.4, -0.2) is 45.4 Å². The quantitative estimate of drug-likeness (QED) is 0.780. The highest BCUT2D eigenvalue weighted by Gasteiger charge is 2.29. The van der Waals surface area contributed by atoms with Gasteiger partial charge in [-0.05, 0) is 49.6 Å². The number of likely N-dealkylation sites (tertiary alicyclic amines) is 1. The Bertz CT molecular complexity index is 698. The van der Waals surface area contributed by atoms with Crippen molar-refractivity contribution < 1.29 is 13.2 Å². The number of nitrogens with one attached hydrogen (secondary N) is 1. The number of carbonyl (C=O) groups excluding carboxylic acids is 1. The lowest BCUT2D eigenvalue weighted by molar-refractivity contribution is -0.130. The van der Waals surface area contributed by atoms with Gasteiger partial charge in [0.2, 0.25) is 15.9 Å². The van der Waals surface area contributed by atoms with Gasteiger partial charge < -0.3 is 10.6 Å². The molecule has 0 saturated carbocycles. The Morgan fingerprint density at radius 2 is 2.04 bits per heavy atom. The van der Waals surface area contributed by atoms with Crippen LogP contribution in [-0.2, 0) is 14.8 Å². The molecule has 7 heteroatoms. The van der Waals surface area contributed by atoms with Crippen LogP contribution in [0.4, 0.5) is 0 Å². The topological polar surface area (TPSA) is 92.5 Å². The van der Waals surface area contributed by atoms with Crippen LogP contribution in [0.25, 0.3) is 6.08 Å². The highest BCUT2D eigenvalue weighted by molar-refractivity contribution is 7.89. The lowest BCUT2D eigenvalue weighted by atomic mass is 9.90. The van der Waals surface area contributed by atoms with Crippen molar-refractivity contribution in [2.75, 3.05) is 20.1 Å². The highest BCUT2D eigenvalue weighted by Crippen LogP contribution is 2.23. The van der Waals surface area contributed by atoms with Gasteiger partial charge in [0.15, 0.2) is 0 Å². The van der Waals surface area contributed by atoms with Crippen molar-refractivity contribution in [3.63, 3.8) is 0 Å². The normalized spacial score (nSPS) is 22.0. The van der Waals surface area contributed by atoms with Gasteiger partial charge in [-0.1, -0.05) is 19.1 Å². The smallest absolute Gasteiger partial charge is 0.246 e. The number of hydrogen-bond acceptors (Lipinski definition) is 4. The van der Waals surface area contributed by atoms with E-state index < -0.39 is 10.0 Å². The summed E-state index contributed by atoms with van der Waals surface area (Å²) < 4.78 is 25.6. The van der Waals surface area contributed by atoms with Crippen molar-refractivity contribution in [3.8, 4) is 0 Å². The van der Waals surface area contributed by atoms with E-state index in [2.05, 4.69) is 11.6 Å². The molecule has 1 aromatic carbocycles. The van der Waals surface area contributed by atoms with Crippen molar-refractivity contribution in [2.24, 2.45) is 11.7 Å². The summed E-state index contributed by atoms with van der Waals surface area (Å²) in [6.07, 6.45) is 5.32. The summed E-state index contributed by atoms with van der Waals surface area (Å²) >= 11 is 0. The van der Waals surface area contributed by atoms with Crippen LogP contribution in [0.3, 0.4) is 0 Å². The molecule has 1 fully saturated rings. The Balaban J connectivity index is 2.08. The van der Waals surface area contributed by atoms with E-state index >= 15 is 0 Å². The van der Waals surface area contributed by atoms with Gasteiger partial charge in [0.05, 0.1) is 4.90 Å². The van der Waals surface area contributed by atoms with E-state index in [1.54, 1.807) is 18.2 Å². The second-order valence-electron chi connectivity index (χ2n) is 6.06. The standard InChI is InChI=1S/C17H25N3O3S/c1-13-4-3-11-20(16(13)12-18)17(21)10-7-14-5-8-15(9-6-14)24(22,23)19-2/h5-10,13,16,19H,3-4,11-12,18H2,1-2H3. The maximum absolute atomic E-state index is 12.4. The fourth-order valence-corrected chi connectivity index (χ4v) is 3.75. The lowest BCUT2D eigenvalue weighted by Crippen LogP contribution is -2.50. The van der Waals surface area contributed by atoms with Crippen molar-refractivity contribution in [1.29, 1.82) is 0 Å². The van der Waals surface area contributed by atoms with Gasteiger partial charge in [-0.2, -0.15) is 0 Å². The first-order chi connectivity index (χ1) is 11.4. The van der Waals surface area contributed by atoms with Gasteiger partial charge in [0.25, 0.3) is 0 Å². The Kier molecular flexibility index (Phi) is 6.15. The Morgan fingerprint density at radius 3 is 2.62 bits per heavy atom. The first kappa shape index (κ1) is 18.6. The number of rotatable bonds is 5. The molecule has 0 aromatic heterocycles. The fourth-order valence-electron chi connectivity index (χ4n) is 3.02. The number of piperidine rings is 1. The van der Waals surface area contributed by atoms with Gasteiger partial charge in [-0.3, -0.25) is 4.79 Å². The number of sulfonamides is 1. The first-order valence-electron chi connectivity index (χ1n) is 8.11. The van der Waals surface area contributed by atoms with E-state index in [1.165, 1.54) is 25.3 Å². The molecule has 2 unspecified atom stereocenters. The van der Waals surface area contributed by atoms with Crippen LogP contribution in [0.5, 0.6) is 0 Å². The molecule has 0 radical (unpaired) electrons. The molecule has 2 atom stereocenters. The molecule has 0 spiro atoms. The highest BCUT2D eigenvalue weighted by atomic mass is 32.2. The van der Waals surface area contributed by atoms with Crippen LogP contribution in [0.1, 0.15) is 25.3 Å². The minimum absolute atomic E-state index is 0.0519. The molecule has 0 aliphatic carbocycles. The van der Waals surface area contributed by atoms with Gasteiger partial charge >= 0.3 is 0 Å². The van der Waals surface area contributed by atoms with E-state index in [-0.39, 0.29) is 16.8 Å². The second kappa shape index (κ2) is 7.92. The Hall–Kier alpha value is -1.70. The molecule has 1 heterocycles. The molecule has 3 N–H and O–H groups in total. The van der Waals surface area contributed by atoms with Crippen LogP contribution >= 0.6 is 0 Å². The SMILES string of the molecule is CNS(=O)(=O)c1ccc(C=CC(=O)N2CCCC(C)C2CN)cc1. The van der Waals surface area contributed by atoms with E-state index in [0.29, 0.717) is 12.5 Å². The molecule has 132 valence electrons. The second-order valence-corrected chi connectivity index (χ2v) is 7.95. The number of amides is 1. The molecule has 1 aromatic rings. The van der Waals surface area contributed by atoms with E-state index in [9.17, 15) is 13.2 Å². The number of carbonyl (C=O) groups is 1.